The summed E-state index contributed by atoms with van der Waals surface area (Å²) in [4.78, 5) is 3.75. The second kappa shape index (κ2) is 6.91. The van der Waals surface area contributed by atoms with Crippen molar-refractivity contribution in [2.75, 3.05) is 4.72 Å². The Morgan fingerprint density at radius 3 is 2.52 bits per heavy atom. The number of halogens is 1. The Hall–Kier alpha value is -1.59. The molecule has 0 aliphatic rings. The lowest BCUT2D eigenvalue weighted by Crippen LogP contribution is -2.13. The van der Waals surface area contributed by atoms with Gasteiger partial charge >= 0.3 is 0 Å². The first kappa shape index (κ1) is 15.8. The molecule has 0 atom stereocenters. The smallest absolute Gasteiger partial charge is 0.264 e. The van der Waals surface area contributed by atoms with E-state index in [9.17, 15) is 8.42 Å². The molecule has 21 heavy (non-hydrogen) atoms. The zero-order valence-corrected chi connectivity index (χ0v) is 13.3. The number of rotatable bonds is 6. The van der Waals surface area contributed by atoms with Crippen LogP contribution in [0.2, 0.25) is 5.15 Å². The maximum atomic E-state index is 12.2. The average Bonchev–Trinajstić information content (AvgIpc) is 2.46. The van der Waals surface area contributed by atoms with E-state index in [4.69, 9.17) is 11.6 Å². The summed E-state index contributed by atoms with van der Waals surface area (Å²) in [5, 5.41) is -0.0374. The number of nitrogens with one attached hydrogen (secondary N) is 1. The van der Waals surface area contributed by atoms with Gasteiger partial charge < -0.3 is 0 Å². The van der Waals surface area contributed by atoms with Crippen LogP contribution in [-0.2, 0) is 16.4 Å². The molecule has 1 aromatic carbocycles. The Bertz CT molecular complexity index is 700. The zero-order valence-electron chi connectivity index (χ0n) is 11.7. The monoisotopic (exact) mass is 324 g/mol. The highest BCUT2D eigenvalue weighted by molar-refractivity contribution is 7.92. The molecular weight excluding hydrogens is 308 g/mol. The molecule has 2 aromatic rings. The molecule has 0 bridgehead atoms. The number of hydrogen-bond donors (Lipinski definition) is 1. The minimum absolute atomic E-state index is 0.0262. The van der Waals surface area contributed by atoms with Gasteiger partial charge in [0.1, 0.15) is 10.0 Å². The van der Waals surface area contributed by atoms with Crippen molar-refractivity contribution in [1.29, 1.82) is 0 Å². The molecule has 6 heteroatoms. The summed E-state index contributed by atoms with van der Waals surface area (Å²) in [6.07, 6.45) is 4.70. The fraction of sp³-hybridized carbons (Fsp3) is 0.267. The van der Waals surface area contributed by atoms with Crippen LogP contribution in [0.3, 0.4) is 0 Å². The van der Waals surface area contributed by atoms with E-state index in [1.165, 1.54) is 23.9 Å². The lowest BCUT2D eigenvalue weighted by molar-refractivity contribution is 0.601. The van der Waals surface area contributed by atoms with E-state index in [1.807, 2.05) is 12.1 Å². The minimum atomic E-state index is -3.72. The van der Waals surface area contributed by atoms with Gasteiger partial charge in [-0.3, -0.25) is 4.72 Å². The molecule has 0 saturated heterocycles. The van der Waals surface area contributed by atoms with Crippen LogP contribution in [0.1, 0.15) is 25.3 Å². The highest BCUT2D eigenvalue weighted by Crippen LogP contribution is 2.21. The number of unbranched alkanes of at least 4 members (excludes halogenated alkanes) is 1. The molecule has 0 spiro atoms. The third-order valence-electron chi connectivity index (χ3n) is 3.04. The van der Waals surface area contributed by atoms with Crippen LogP contribution in [0.15, 0.2) is 47.5 Å². The summed E-state index contributed by atoms with van der Waals surface area (Å²) in [6.45, 7) is 2.14. The molecule has 0 aliphatic heterocycles. The predicted octanol–water partition coefficient (Wildman–Crippen LogP) is 3.88. The molecule has 0 fully saturated rings. The molecule has 0 radical (unpaired) electrons. The third kappa shape index (κ3) is 4.19. The highest BCUT2D eigenvalue weighted by atomic mass is 35.5. The molecular formula is C15H17ClN2O2S. The SMILES string of the molecule is CCCCc1ccc(NS(=O)(=O)c2cccnc2Cl)cc1. The molecule has 112 valence electrons. The van der Waals surface area contributed by atoms with E-state index in [0.29, 0.717) is 5.69 Å². The van der Waals surface area contributed by atoms with Crippen molar-refractivity contribution in [2.45, 2.75) is 31.1 Å². The largest absolute Gasteiger partial charge is 0.280 e. The molecule has 2 rings (SSSR count). The van der Waals surface area contributed by atoms with Crippen molar-refractivity contribution in [3.63, 3.8) is 0 Å². The second-order valence-electron chi connectivity index (χ2n) is 4.70. The van der Waals surface area contributed by atoms with Crippen LogP contribution < -0.4 is 4.72 Å². The van der Waals surface area contributed by atoms with E-state index < -0.39 is 10.0 Å². The first-order valence-electron chi connectivity index (χ1n) is 6.75. The topological polar surface area (TPSA) is 59.1 Å². The first-order chi connectivity index (χ1) is 10.0. The van der Waals surface area contributed by atoms with Gasteiger partial charge in [-0.25, -0.2) is 13.4 Å². The van der Waals surface area contributed by atoms with Gasteiger partial charge in [0.2, 0.25) is 0 Å². The minimum Gasteiger partial charge on any atom is -0.280 e. The summed E-state index contributed by atoms with van der Waals surface area (Å²) >= 11 is 5.83. The third-order valence-corrected chi connectivity index (χ3v) is 4.87. The molecule has 1 N–H and O–H groups in total. The van der Waals surface area contributed by atoms with Gasteiger partial charge in [0.25, 0.3) is 10.0 Å². The van der Waals surface area contributed by atoms with Crippen LogP contribution in [0.25, 0.3) is 0 Å². The Morgan fingerprint density at radius 2 is 1.90 bits per heavy atom. The van der Waals surface area contributed by atoms with E-state index in [2.05, 4.69) is 16.6 Å². The van der Waals surface area contributed by atoms with Crippen molar-refractivity contribution in [3.05, 3.63) is 53.3 Å². The molecule has 1 aromatic heterocycles. The van der Waals surface area contributed by atoms with Gasteiger partial charge in [0, 0.05) is 11.9 Å². The van der Waals surface area contributed by atoms with Crippen LogP contribution in [0.5, 0.6) is 0 Å². The van der Waals surface area contributed by atoms with Crippen LogP contribution >= 0.6 is 11.6 Å². The summed E-state index contributed by atoms with van der Waals surface area (Å²) in [6, 6.07) is 10.3. The second-order valence-corrected chi connectivity index (χ2v) is 6.71. The standard InChI is InChI=1S/C15H17ClN2O2S/c1-2-3-5-12-7-9-13(10-8-12)18-21(19,20)14-6-4-11-17-15(14)16/h4,6-11,18H,2-3,5H2,1H3. The van der Waals surface area contributed by atoms with Crippen LogP contribution in [0.4, 0.5) is 5.69 Å². The number of nitrogens with zero attached hydrogens (tertiary/aromatic N) is 1. The maximum absolute atomic E-state index is 12.2. The Morgan fingerprint density at radius 1 is 1.19 bits per heavy atom. The molecule has 1 heterocycles. The fourth-order valence-electron chi connectivity index (χ4n) is 1.90. The van der Waals surface area contributed by atoms with Gasteiger partial charge in [-0.1, -0.05) is 37.1 Å². The Labute approximate surface area is 130 Å². The molecule has 0 unspecified atom stereocenters. The quantitative estimate of drug-likeness (QED) is 0.820. The fourth-order valence-corrected chi connectivity index (χ4v) is 3.41. The number of aryl methyl sites for hydroxylation is 1. The van der Waals surface area contributed by atoms with Gasteiger partial charge in [0.15, 0.2) is 0 Å². The molecule has 0 amide bonds. The van der Waals surface area contributed by atoms with Crippen LogP contribution in [0, 0.1) is 0 Å². The number of anilines is 1. The van der Waals surface area contributed by atoms with Gasteiger partial charge in [-0.15, -0.1) is 0 Å². The van der Waals surface area contributed by atoms with Gasteiger partial charge in [0.05, 0.1) is 0 Å². The normalized spacial score (nSPS) is 11.3. The van der Waals surface area contributed by atoms with Gasteiger partial charge in [-0.05, 0) is 42.7 Å². The van der Waals surface area contributed by atoms with Gasteiger partial charge in [-0.2, -0.15) is 0 Å². The van der Waals surface area contributed by atoms with Crippen molar-refractivity contribution < 1.29 is 8.42 Å². The first-order valence-corrected chi connectivity index (χ1v) is 8.61. The van der Waals surface area contributed by atoms with Crippen molar-refractivity contribution in [2.24, 2.45) is 0 Å². The lowest BCUT2D eigenvalue weighted by atomic mass is 10.1. The summed E-state index contributed by atoms with van der Waals surface area (Å²) in [5.41, 5.74) is 1.70. The Kier molecular flexibility index (Phi) is 5.20. The van der Waals surface area contributed by atoms with Crippen molar-refractivity contribution in [3.8, 4) is 0 Å². The van der Waals surface area contributed by atoms with Crippen LogP contribution in [-0.4, -0.2) is 13.4 Å². The highest BCUT2D eigenvalue weighted by Gasteiger charge is 2.18. The average molecular weight is 325 g/mol. The van der Waals surface area contributed by atoms with E-state index in [0.717, 1.165) is 19.3 Å². The molecule has 4 nitrogen and oxygen atoms in total. The lowest BCUT2D eigenvalue weighted by Gasteiger charge is -2.09. The summed E-state index contributed by atoms with van der Waals surface area (Å²) < 4.78 is 27.0. The van der Waals surface area contributed by atoms with E-state index >= 15 is 0 Å². The van der Waals surface area contributed by atoms with E-state index in [-0.39, 0.29) is 10.0 Å². The maximum Gasteiger partial charge on any atom is 0.264 e. The number of sulfonamides is 1. The number of hydrogen-bond acceptors (Lipinski definition) is 3. The molecule has 0 aliphatic carbocycles. The summed E-state index contributed by atoms with van der Waals surface area (Å²) in [5.74, 6) is 0. The number of benzene rings is 1. The zero-order chi connectivity index (χ0) is 15.3. The molecule has 0 saturated carbocycles. The predicted molar refractivity (Wildman–Crippen MR) is 85.1 cm³/mol. The number of aromatic nitrogens is 1. The van der Waals surface area contributed by atoms with Crippen molar-refractivity contribution >= 4 is 27.3 Å². The number of pyridine rings is 1. The summed E-state index contributed by atoms with van der Waals surface area (Å²) in [7, 11) is -3.72. The Balaban J connectivity index is 2.16. The van der Waals surface area contributed by atoms with E-state index in [1.54, 1.807) is 12.1 Å². The van der Waals surface area contributed by atoms with Crippen molar-refractivity contribution in [1.82, 2.24) is 4.98 Å².